The van der Waals surface area contributed by atoms with Crippen molar-refractivity contribution in [1.29, 1.82) is 0 Å². The van der Waals surface area contributed by atoms with Gasteiger partial charge in [0.1, 0.15) is 5.01 Å². The molecule has 0 saturated carbocycles. The van der Waals surface area contributed by atoms with E-state index in [1.54, 1.807) is 11.3 Å². The molecule has 0 aliphatic carbocycles. The van der Waals surface area contributed by atoms with Crippen molar-refractivity contribution in [1.82, 2.24) is 14.5 Å². The third kappa shape index (κ3) is 2.45. The molecule has 1 aromatic carbocycles. The van der Waals surface area contributed by atoms with Gasteiger partial charge in [-0.05, 0) is 36.8 Å². The van der Waals surface area contributed by atoms with Crippen molar-refractivity contribution in [3.63, 3.8) is 0 Å². The summed E-state index contributed by atoms with van der Waals surface area (Å²) in [5, 5.41) is 1.78. The Morgan fingerprint density at radius 2 is 2.32 bits per heavy atom. The number of aromatic amines is 1. The molecule has 0 spiro atoms. The molecular weight excluding hydrogens is 298 g/mol. The Balaban J connectivity index is 2.05. The molecule has 6 heteroatoms. The van der Waals surface area contributed by atoms with Crippen LogP contribution in [0, 0.1) is 4.77 Å². The highest BCUT2D eigenvalue weighted by Gasteiger charge is 2.08. The summed E-state index contributed by atoms with van der Waals surface area (Å²) < 4.78 is 2.75. The molecule has 19 heavy (non-hydrogen) atoms. The standard InChI is InChI=1S/C13H12ClN3S2/c1-2-9-6-15-12(19-9)7-17-11-4-3-8(14)5-10(11)16-13(17)18/h3-6H,2,7H2,1H3,(H,16,18). The highest BCUT2D eigenvalue weighted by atomic mass is 35.5. The second-order valence-corrected chi connectivity index (χ2v) is 6.27. The maximum Gasteiger partial charge on any atom is 0.178 e. The minimum Gasteiger partial charge on any atom is -0.331 e. The van der Waals surface area contributed by atoms with Crippen molar-refractivity contribution in [2.75, 3.05) is 0 Å². The van der Waals surface area contributed by atoms with Crippen LogP contribution in [0.2, 0.25) is 5.02 Å². The van der Waals surface area contributed by atoms with Crippen LogP contribution in [0.1, 0.15) is 16.8 Å². The summed E-state index contributed by atoms with van der Waals surface area (Å²) in [5.41, 5.74) is 2.02. The summed E-state index contributed by atoms with van der Waals surface area (Å²) in [4.78, 5) is 8.91. The molecule has 0 atom stereocenters. The van der Waals surface area contributed by atoms with Crippen LogP contribution in [0.5, 0.6) is 0 Å². The molecule has 2 heterocycles. The van der Waals surface area contributed by atoms with E-state index in [1.807, 2.05) is 24.4 Å². The predicted molar refractivity (Wildman–Crippen MR) is 82.7 cm³/mol. The number of aromatic nitrogens is 3. The van der Waals surface area contributed by atoms with E-state index in [4.69, 9.17) is 23.8 Å². The van der Waals surface area contributed by atoms with Crippen LogP contribution in [0.3, 0.4) is 0 Å². The fraction of sp³-hybridized carbons (Fsp3) is 0.231. The maximum absolute atomic E-state index is 5.99. The van der Waals surface area contributed by atoms with Crippen molar-refractivity contribution in [2.24, 2.45) is 0 Å². The van der Waals surface area contributed by atoms with Gasteiger partial charge in [0.2, 0.25) is 0 Å². The third-order valence-electron chi connectivity index (χ3n) is 2.98. The lowest BCUT2D eigenvalue weighted by Gasteiger charge is -2.01. The Kier molecular flexibility index (Phi) is 3.43. The van der Waals surface area contributed by atoms with Gasteiger partial charge in [0.05, 0.1) is 17.6 Å². The van der Waals surface area contributed by atoms with Gasteiger partial charge in [0, 0.05) is 16.1 Å². The van der Waals surface area contributed by atoms with Gasteiger partial charge in [-0.3, -0.25) is 0 Å². The van der Waals surface area contributed by atoms with Crippen LogP contribution in [0.15, 0.2) is 24.4 Å². The van der Waals surface area contributed by atoms with Crippen molar-refractivity contribution in [2.45, 2.75) is 19.9 Å². The number of imidazole rings is 1. The Bertz CT molecular complexity index is 785. The molecular formula is C13H12ClN3S2. The van der Waals surface area contributed by atoms with E-state index in [2.05, 4.69) is 21.5 Å². The van der Waals surface area contributed by atoms with Crippen LogP contribution in [-0.2, 0) is 13.0 Å². The molecule has 0 saturated heterocycles. The van der Waals surface area contributed by atoms with Crippen molar-refractivity contribution < 1.29 is 0 Å². The predicted octanol–water partition coefficient (Wildman–Crippen LogP) is 4.42. The second-order valence-electron chi connectivity index (χ2n) is 4.25. The summed E-state index contributed by atoms with van der Waals surface area (Å²) >= 11 is 13.1. The molecule has 3 nitrogen and oxygen atoms in total. The quantitative estimate of drug-likeness (QED) is 0.727. The van der Waals surface area contributed by atoms with Gasteiger partial charge in [-0.1, -0.05) is 18.5 Å². The number of nitrogens with zero attached hydrogens (tertiary/aromatic N) is 2. The molecule has 0 bridgehead atoms. The first-order valence-electron chi connectivity index (χ1n) is 5.99. The molecule has 0 radical (unpaired) electrons. The Morgan fingerprint density at radius 1 is 1.47 bits per heavy atom. The lowest BCUT2D eigenvalue weighted by molar-refractivity contribution is 0.803. The van der Waals surface area contributed by atoms with Gasteiger partial charge in [0.25, 0.3) is 0 Å². The Morgan fingerprint density at radius 3 is 3.05 bits per heavy atom. The highest BCUT2D eigenvalue weighted by Crippen LogP contribution is 2.21. The molecule has 0 aliphatic rings. The van der Waals surface area contributed by atoms with Crippen molar-refractivity contribution in [3.05, 3.63) is 44.1 Å². The van der Waals surface area contributed by atoms with E-state index in [9.17, 15) is 0 Å². The normalized spacial score (nSPS) is 11.3. The van der Waals surface area contributed by atoms with E-state index in [0.717, 1.165) is 22.5 Å². The average molecular weight is 310 g/mol. The van der Waals surface area contributed by atoms with Gasteiger partial charge in [-0.25, -0.2) is 4.98 Å². The first-order valence-corrected chi connectivity index (χ1v) is 7.59. The molecule has 3 rings (SSSR count). The number of H-pyrrole nitrogens is 1. The van der Waals surface area contributed by atoms with Gasteiger partial charge in [-0.15, -0.1) is 11.3 Å². The number of benzene rings is 1. The zero-order valence-corrected chi connectivity index (χ0v) is 12.7. The number of fused-ring (bicyclic) bond motifs is 1. The maximum atomic E-state index is 5.99. The van der Waals surface area contributed by atoms with E-state index >= 15 is 0 Å². The first kappa shape index (κ1) is 12.8. The molecule has 2 aromatic heterocycles. The highest BCUT2D eigenvalue weighted by molar-refractivity contribution is 7.71. The molecule has 0 amide bonds. The summed E-state index contributed by atoms with van der Waals surface area (Å²) in [6.07, 6.45) is 2.96. The van der Waals surface area contributed by atoms with E-state index in [1.165, 1.54) is 4.88 Å². The van der Waals surface area contributed by atoms with Crippen molar-refractivity contribution in [3.8, 4) is 0 Å². The molecule has 1 N–H and O–H groups in total. The number of rotatable bonds is 3. The third-order valence-corrected chi connectivity index (χ3v) is 4.66. The van der Waals surface area contributed by atoms with E-state index in [-0.39, 0.29) is 0 Å². The number of hydrogen-bond donors (Lipinski definition) is 1. The summed E-state index contributed by atoms with van der Waals surface area (Å²) in [6.45, 7) is 2.84. The molecule has 3 aromatic rings. The van der Waals surface area contributed by atoms with Crippen LogP contribution >= 0.6 is 35.2 Å². The molecule has 0 aliphatic heterocycles. The first-order chi connectivity index (χ1) is 9.17. The molecule has 98 valence electrons. The van der Waals surface area contributed by atoms with E-state index < -0.39 is 0 Å². The van der Waals surface area contributed by atoms with Gasteiger partial charge < -0.3 is 9.55 Å². The Labute approximate surface area is 124 Å². The number of aryl methyl sites for hydroxylation is 1. The molecule has 0 unspecified atom stereocenters. The zero-order valence-electron chi connectivity index (χ0n) is 10.3. The average Bonchev–Trinajstić information content (AvgIpc) is 2.95. The van der Waals surface area contributed by atoms with Crippen LogP contribution < -0.4 is 0 Å². The van der Waals surface area contributed by atoms with Gasteiger partial charge in [0.15, 0.2) is 4.77 Å². The summed E-state index contributed by atoms with van der Waals surface area (Å²) in [6, 6.07) is 5.75. The van der Waals surface area contributed by atoms with Gasteiger partial charge >= 0.3 is 0 Å². The number of thiazole rings is 1. The lowest BCUT2D eigenvalue weighted by Crippen LogP contribution is -1.98. The zero-order chi connectivity index (χ0) is 13.4. The Hall–Kier alpha value is -1.17. The second kappa shape index (κ2) is 5.07. The number of hydrogen-bond acceptors (Lipinski definition) is 3. The van der Waals surface area contributed by atoms with E-state index in [0.29, 0.717) is 16.3 Å². The largest absolute Gasteiger partial charge is 0.331 e. The van der Waals surface area contributed by atoms with Crippen LogP contribution in [0.4, 0.5) is 0 Å². The summed E-state index contributed by atoms with van der Waals surface area (Å²) in [7, 11) is 0. The smallest absolute Gasteiger partial charge is 0.178 e. The minimum absolute atomic E-state index is 0.700. The van der Waals surface area contributed by atoms with Crippen LogP contribution in [-0.4, -0.2) is 14.5 Å². The topological polar surface area (TPSA) is 33.6 Å². The fourth-order valence-corrected chi connectivity index (χ4v) is 3.31. The van der Waals surface area contributed by atoms with Crippen LogP contribution in [0.25, 0.3) is 11.0 Å². The fourth-order valence-electron chi connectivity index (χ4n) is 2.01. The number of halogens is 1. The molecule has 0 fully saturated rings. The monoisotopic (exact) mass is 309 g/mol. The lowest BCUT2D eigenvalue weighted by atomic mass is 10.3. The van der Waals surface area contributed by atoms with Crippen molar-refractivity contribution >= 4 is 46.2 Å². The minimum atomic E-state index is 0.700. The summed E-state index contributed by atoms with van der Waals surface area (Å²) in [5.74, 6) is 0. The number of nitrogens with one attached hydrogen (secondary N) is 1. The SMILES string of the molecule is CCc1cnc(Cn2c(=S)[nH]c3cc(Cl)ccc32)s1. The van der Waals surface area contributed by atoms with Gasteiger partial charge in [-0.2, -0.15) is 0 Å².